The number of aromatic amines is 1. The number of pyridine rings is 1. The smallest absolute Gasteiger partial charge is 0.315 e. The molecule has 0 radical (unpaired) electrons. The first-order valence-corrected chi connectivity index (χ1v) is 8.12. The summed E-state index contributed by atoms with van der Waals surface area (Å²) in [5.41, 5.74) is 0.764. The first-order chi connectivity index (χ1) is 12.5. The number of rotatable bonds is 4. The van der Waals surface area contributed by atoms with Crippen molar-refractivity contribution < 1.29 is 14.5 Å². The van der Waals surface area contributed by atoms with Crippen LogP contribution in [0.25, 0.3) is 0 Å². The Morgan fingerprint density at radius 1 is 1.35 bits per heavy atom. The average molecular weight is 355 g/mol. The topological polar surface area (TPSA) is 115 Å². The van der Waals surface area contributed by atoms with Gasteiger partial charge in [0.2, 0.25) is 0 Å². The second-order valence-corrected chi connectivity index (χ2v) is 5.88. The molecule has 1 aromatic heterocycles. The molecule has 1 aliphatic heterocycles. The molecule has 2 aromatic rings. The van der Waals surface area contributed by atoms with Gasteiger partial charge in [-0.1, -0.05) is 18.2 Å². The predicted molar refractivity (Wildman–Crippen MR) is 94.9 cm³/mol. The van der Waals surface area contributed by atoms with E-state index in [1.54, 1.807) is 38.1 Å². The zero-order valence-corrected chi connectivity index (χ0v) is 14.3. The minimum Gasteiger partial charge on any atom is -0.465 e. The third kappa shape index (κ3) is 2.90. The summed E-state index contributed by atoms with van der Waals surface area (Å²) in [5.74, 6) is -2.33. The fourth-order valence-electron chi connectivity index (χ4n) is 3.34. The molecule has 1 aromatic carbocycles. The van der Waals surface area contributed by atoms with Crippen molar-refractivity contribution in [3.05, 3.63) is 68.1 Å². The Bertz CT molecular complexity index is 963. The normalized spacial score (nSPS) is 18.6. The molecule has 0 amide bonds. The van der Waals surface area contributed by atoms with Gasteiger partial charge in [-0.2, -0.15) is 0 Å². The first-order valence-electron chi connectivity index (χ1n) is 8.12. The van der Waals surface area contributed by atoms with Crippen LogP contribution in [-0.2, 0) is 9.53 Å². The van der Waals surface area contributed by atoms with Gasteiger partial charge >= 0.3 is 5.97 Å². The standard InChI is InChI=1S/C18H17N3O5/c1-3-26-18(23)14-10(2)20-12-8-9-19-17(22)16(12)15(14)11-6-4-5-7-13(11)21(24)25/h4-9,14-15H,3H2,1-2H3,(H,19,22). The highest BCUT2D eigenvalue weighted by Gasteiger charge is 2.42. The molecule has 0 bridgehead atoms. The molecule has 1 N–H and O–H groups in total. The van der Waals surface area contributed by atoms with Gasteiger partial charge in [0, 0.05) is 29.5 Å². The molecule has 2 unspecified atom stereocenters. The summed E-state index contributed by atoms with van der Waals surface area (Å²) in [5, 5.41) is 11.5. The monoisotopic (exact) mass is 355 g/mol. The van der Waals surface area contributed by atoms with E-state index in [1.807, 2.05) is 0 Å². The van der Waals surface area contributed by atoms with Crippen molar-refractivity contribution >= 4 is 23.1 Å². The fourth-order valence-corrected chi connectivity index (χ4v) is 3.34. The Labute approximate surface area is 148 Å². The van der Waals surface area contributed by atoms with Crippen LogP contribution < -0.4 is 5.56 Å². The molecule has 2 atom stereocenters. The number of hydrogen-bond donors (Lipinski definition) is 1. The van der Waals surface area contributed by atoms with Crippen molar-refractivity contribution in [2.45, 2.75) is 19.8 Å². The van der Waals surface area contributed by atoms with Gasteiger partial charge < -0.3 is 9.72 Å². The number of aliphatic imine (C=N–C) groups is 1. The number of ether oxygens (including phenoxy) is 1. The molecule has 0 saturated heterocycles. The maximum atomic E-state index is 12.6. The van der Waals surface area contributed by atoms with E-state index in [-0.39, 0.29) is 23.4 Å². The number of nitro benzene ring substituents is 1. The minimum absolute atomic E-state index is 0.157. The molecule has 2 heterocycles. The maximum Gasteiger partial charge on any atom is 0.315 e. The average Bonchev–Trinajstić information content (AvgIpc) is 2.60. The number of benzene rings is 1. The van der Waals surface area contributed by atoms with Crippen molar-refractivity contribution in [3.63, 3.8) is 0 Å². The van der Waals surface area contributed by atoms with Crippen molar-refractivity contribution in [3.8, 4) is 0 Å². The number of nitro groups is 1. The Morgan fingerprint density at radius 2 is 2.08 bits per heavy atom. The number of aromatic nitrogens is 1. The number of nitrogens with one attached hydrogen (secondary N) is 1. The molecule has 0 aliphatic carbocycles. The van der Waals surface area contributed by atoms with E-state index >= 15 is 0 Å². The van der Waals surface area contributed by atoms with Crippen LogP contribution in [0.3, 0.4) is 0 Å². The van der Waals surface area contributed by atoms with Gasteiger partial charge in [-0.3, -0.25) is 24.7 Å². The number of H-pyrrole nitrogens is 1. The highest BCUT2D eigenvalue weighted by molar-refractivity contribution is 6.05. The molecule has 0 spiro atoms. The lowest BCUT2D eigenvalue weighted by Crippen LogP contribution is -2.36. The fraction of sp³-hybridized carbons (Fsp3) is 0.278. The number of carbonyl (C=O) groups is 1. The SMILES string of the molecule is CCOC(=O)C1C(C)=Nc2cc[nH]c(=O)c2C1c1ccccc1[N+](=O)[O-]. The van der Waals surface area contributed by atoms with Crippen LogP contribution in [0.15, 0.2) is 46.3 Å². The van der Waals surface area contributed by atoms with Crippen molar-refractivity contribution in [1.82, 2.24) is 4.98 Å². The predicted octanol–water partition coefficient (Wildman–Crippen LogP) is 2.70. The van der Waals surface area contributed by atoms with Gasteiger partial charge in [0.15, 0.2) is 0 Å². The number of hydrogen-bond acceptors (Lipinski definition) is 6. The number of nitrogens with zero attached hydrogens (tertiary/aromatic N) is 2. The van der Waals surface area contributed by atoms with Gasteiger partial charge in [0.1, 0.15) is 5.92 Å². The lowest BCUT2D eigenvalue weighted by molar-refractivity contribution is -0.385. The Kier molecular flexibility index (Phi) is 4.66. The zero-order chi connectivity index (χ0) is 18.8. The summed E-state index contributed by atoms with van der Waals surface area (Å²) in [4.78, 5) is 43.1. The third-order valence-corrected chi connectivity index (χ3v) is 4.38. The van der Waals surface area contributed by atoms with E-state index in [4.69, 9.17) is 4.74 Å². The van der Waals surface area contributed by atoms with Gasteiger partial charge in [-0.25, -0.2) is 0 Å². The van der Waals surface area contributed by atoms with E-state index in [0.717, 1.165) is 0 Å². The molecule has 26 heavy (non-hydrogen) atoms. The van der Waals surface area contributed by atoms with Crippen LogP contribution in [0.2, 0.25) is 0 Å². The van der Waals surface area contributed by atoms with Crippen LogP contribution in [0.1, 0.15) is 30.9 Å². The van der Waals surface area contributed by atoms with Gasteiger partial charge in [0.05, 0.1) is 22.8 Å². The lowest BCUT2D eigenvalue weighted by Gasteiger charge is -2.30. The van der Waals surface area contributed by atoms with E-state index in [9.17, 15) is 19.7 Å². The van der Waals surface area contributed by atoms with Crippen molar-refractivity contribution in [2.75, 3.05) is 6.61 Å². The molecule has 0 saturated carbocycles. The van der Waals surface area contributed by atoms with Crippen LogP contribution in [0.5, 0.6) is 0 Å². The van der Waals surface area contributed by atoms with Gasteiger partial charge in [0.25, 0.3) is 11.2 Å². The summed E-state index contributed by atoms with van der Waals surface area (Å²) in [7, 11) is 0. The molecule has 1 aliphatic rings. The van der Waals surface area contributed by atoms with Crippen LogP contribution in [-0.4, -0.2) is 28.2 Å². The second kappa shape index (κ2) is 6.91. The van der Waals surface area contributed by atoms with Crippen molar-refractivity contribution in [1.29, 1.82) is 0 Å². The van der Waals surface area contributed by atoms with Crippen LogP contribution >= 0.6 is 0 Å². The molecule has 0 fully saturated rings. The quantitative estimate of drug-likeness (QED) is 0.514. The van der Waals surface area contributed by atoms with Crippen LogP contribution in [0, 0.1) is 16.0 Å². The molecule has 8 heteroatoms. The Hall–Kier alpha value is -3.29. The zero-order valence-electron chi connectivity index (χ0n) is 14.3. The van der Waals surface area contributed by atoms with Gasteiger partial charge in [-0.05, 0) is 19.9 Å². The molecule has 3 rings (SSSR count). The number of carbonyl (C=O) groups excluding carboxylic acids is 1. The lowest BCUT2D eigenvalue weighted by atomic mass is 9.76. The van der Waals surface area contributed by atoms with E-state index in [0.29, 0.717) is 11.4 Å². The summed E-state index contributed by atoms with van der Waals surface area (Å²) in [6.45, 7) is 3.49. The summed E-state index contributed by atoms with van der Waals surface area (Å²) in [6.07, 6.45) is 1.46. The number of para-hydroxylation sites is 1. The van der Waals surface area contributed by atoms with Crippen molar-refractivity contribution in [2.24, 2.45) is 10.9 Å². The van der Waals surface area contributed by atoms with Gasteiger partial charge in [-0.15, -0.1) is 0 Å². The highest BCUT2D eigenvalue weighted by Crippen LogP contribution is 2.43. The Morgan fingerprint density at radius 3 is 2.77 bits per heavy atom. The maximum absolute atomic E-state index is 12.6. The summed E-state index contributed by atoms with van der Waals surface area (Å²) in [6, 6.07) is 7.71. The number of fused-ring (bicyclic) bond motifs is 1. The largest absolute Gasteiger partial charge is 0.465 e. The van der Waals surface area contributed by atoms with E-state index in [2.05, 4.69) is 9.98 Å². The second-order valence-electron chi connectivity index (χ2n) is 5.88. The van der Waals surface area contributed by atoms with E-state index in [1.165, 1.54) is 12.3 Å². The number of esters is 1. The molecule has 134 valence electrons. The Balaban J connectivity index is 2.31. The highest BCUT2D eigenvalue weighted by atomic mass is 16.6. The van der Waals surface area contributed by atoms with E-state index < -0.39 is 28.3 Å². The van der Waals surface area contributed by atoms with Crippen LogP contribution in [0.4, 0.5) is 11.4 Å². The summed E-state index contributed by atoms with van der Waals surface area (Å²) >= 11 is 0. The minimum atomic E-state index is -0.910. The molecule has 8 nitrogen and oxygen atoms in total. The first kappa shape index (κ1) is 17.5. The summed E-state index contributed by atoms with van der Waals surface area (Å²) < 4.78 is 5.16. The third-order valence-electron chi connectivity index (χ3n) is 4.38. The molecular formula is C18H17N3O5. The molecular weight excluding hydrogens is 338 g/mol.